The van der Waals surface area contributed by atoms with E-state index >= 15 is 0 Å². The van der Waals surface area contributed by atoms with Gasteiger partial charge in [0, 0.05) is 37.3 Å². The minimum absolute atomic E-state index is 0.00187. The summed E-state index contributed by atoms with van der Waals surface area (Å²) < 4.78 is 38.9. The van der Waals surface area contributed by atoms with Crippen molar-refractivity contribution in [3.8, 4) is 0 Å². The average molecular weight is 483 g/mol. The maximum atomic E-state index is 13.0. The van der Waals surface area contributed by atoms with Gasteiger partial charge in [0.2, 0.25) is 5.91 Å². The van der Waals surface area contributed by atoms with Crippen LogP contribution in [0.15, 0.2) is 42.5 Å². The third kappa shape index (κ3) is 4.51. The molecule has 2 aromatic rings. The van der Waals surface area contributed by atoms with Gasteiger partial charge in [0.05, 0.1) is 28.6 Å². The lowest BCUT2D eigenvalue weighted by atomic mass is 10.1. The van der Waals surface area contributed by atoms with Gasteiger partial charge in [-0.25, -0.2) is 4.90 Å². The van der Waals surface area contributed by atoms with Crippen molar-refractivity contribution in [3.63, 3.8) is 0 Å². The third-order valence-corrected chi connectivity index (χ3v) is 6.05. The van der Waals surface area contributed by atoms with Gasteiger partial charge < -0.3 is 4.90 Å². The van der Waals surface area contributed by atoms with Crippen LogP contribution in [0.25, 0.3) is 0 Å². The molecule has 2 aromatic carbocycles. The molecule has 0 spiro atoms. The molecule has 4 rings (SSSR count). The molecule has 1 atom stereocenters. The van der Waals surface area contributed by atoms with E-state index in [1.54, 1.807) is 29.2 Å². The SMILES string of the molecule is O=C1C[C@@H](N2CCN(c3ccc(C(F)(F)F)cc3[N+](=O)[O-])CC2)C(=O)N1c1ccc(Cl)cc1. The number of hydrogen-bond donors (Lipinski definition) is 0. The number of anilines is 2. The number of halogens is 4. The zero-order chi connectivity index (χ0) is 23.9. The van der Waals surface area contributed by atoms with Crippen LogP contribution >= 0.6 is 11.6 Å². The molecule has 0 unspecified atom stereocenters. The molecule has 0 saturated carbocycles. The van der Waals surface area contributed by atoms with Crippen LogP contribution in [0.3, 0.4) is 0 Å². The molecule has 2 saturated heterocycles. The number of nitrogens with zero attached hydrogens (tertiary/aromatic N) is 4. The molecule has 33 heavy (non-hydrogen) atoms. The molecular formula is C21H18ClF3N4O4. The number of carbonyl (C=O) groups is 2. The highest BCUT2D eigenvalue weighted by atomic mass is 35.5. The zero-order valence-electron chi connectivity index (χ0n) is 17.1. The topological polar surface area (TPSA) is 87.0 Å². The standard InChI is InChI=1S/C21H18ClF3N4O4/c22-14-2-4-15(5-3-14)28-19(30)12-18(20(28)31)27-9-7-26(8-10-27)16-6-1-13(21(23,24)25)11-17(16)29(32)33/h1-6,11,18H,7-10,12H2/t18-/m1/s1. The Labute approximate surface area is 191 Å². The Balaban J connectivity index is 1.47. The fraction of sp³-hybridized carbons (Fsp3) is 0.333. The summed E-state index contributed by atoms with van der Waals surface area (Å²) in [5, 5.41) is 11.9. The highest BCUT2D eigenvalue weighted by Crippen LogP contribution is 2.37. The molecule has 0 N–H and O–H groups in total. The Morgan fingerprint density at radius 1 is 1.00 bits per heavy atom. The number of carbonyl (C=O) groups excluding carboxylic acids is 2. The summed E-state index contributed by atoms with van der Waals surface area (Å²) in [6, 6.07) is 8.12. The Morgan fingerprint density at radius 3 is 2.21 bits per heavy atom. The third-order valence-electron chi connectivity index (χ3n) is 5.80. The first kappa shape index (κ1) is 23.0. The van der Waals surface area contributed by atoms with E-state index in [4.69, 9.17) is 11.6 Å². The van der Waals surface area contributed by atoms with E-state index in [9.17, 15) is 32.9 Å². The van der Waals surface area contributed by atoms with Gasteiger partial charge in [-0.05, 0) is 36.4 Å². The van der Waals surface area contributed by atoms with Gasteiger partial charge in [0.1, 0.15) is 5.69 Å². The van der Waals surface area contributed by atoms with E-state index in [2.05, 4.69) is 0 Å². The number of nitro groups is 1. The fourth-order valence-corrected chi connectivity index (χ4v) is 4.28. The largest absolute Gasteiger partial charge is 0.416 e. The van der Waals surface area contributed by atoms with E-state index in [1.807, 2.05) is 4.90 Å². The van der Waals surface area contributed by atoms with Crippen molar-refractivity contribution in [3.05, 3.63) is 63.2 Å². The maximum Gasteiger partial charge on any atom is 0.416 e. The number of alkyl halides is 3. The Kier molecular flexibility index (Phi) is 6.02. The summed E-state index contributed by atoms with van der Waals surface area (Å²) >= 11 is 5.87. The molecule has 0 bridgehead atoms. The van der Waals surface area contributed by atoms with E-state index in [0.29, 0.717) is 29.9 Å². The molecule has 2 fully saturated rings. The molecule has 2 amide bonds. The van der Waals surface area contributed by atoms with Crippen LogP contribution in [0.2, 0.25) is 5.02 Å². The van der Waals surface area contributed by atoms with Crippen molar-refractivity contribution >= 4 is 40.5 Å². The van der Waals surface area contributed by atoms with Crippen molar-refractivity contribution in [1.82, 2.24) is 4.90 Å². The van der Waals surface area contributed by atoms with E-state index in [1.165, 1.54) is 0 Å². The molecular weight excluding hydrogens is 465 g/mol. The Hall–Kier alpha value is -3.18. The van der Waals surface area contributed by atoms with Crippen LogP contribution < -0.4 is 9.80 Å². The van der Waals surface area contributed by atoms with Crippen molar-refractivity contribution in [2.75, 3.05) is 36.0 Å². The van der Waals surface area contributed by atoms with Crippen molar-refractivity contribution in [1.29, 1.82) is 0 Å². The first-order valence-electron chi connectivity index (χ1n) is 10.0. The molecule has 0 radical (unpaired) electrons. The number of nitro benzene ring substituents is 1. The lowest BCUT2D eigenvalue weighted by molar-refractivity contribution is -0.384. The highest BCUT2D eigenvalue weighted by molar-refractivity contribution is 6.30. The Morgan fingerprint density at radius 2 is 1.64 bits per heavy atom. The normalized spacial score (nSPS) is 19.9. The molecule has 12 heteroatoms. The summed E-state index contributed by atoms with van der Waals surface area (Å²) in [5.41, 5.74) is -1.20. The Bertz CT molecular complexity index is 1100. The van der Waals surface area contributed by atoms with Crippen LogP contribution in [-0.4, -0.2) is 53.9 Å². The minimum Gasteiger partial charge on any atom is -0.363 e. The summed E-state index contributed by atoms with van der Waals surface area (Å²) in [6.45, 7) is 1.14. The monoisotopic (exact) mass is 482 g/mol. The van der Waals surface area contributed by atoms with Crippen molar-refractivity contribution in [2.45, 2.75) is 18.6 Å². The van der Waals surface area contributed by atoms with Gasteiger partial charge in [-0.15, -0.1) is 0 Å². The highest BCUT2D eigenvalue weighted by Gasteiger charge is 2.43. The number of rotatable bonds is 4. The van der Waals surface area contributed by atoms with Gasteiger partial charge in [0.25, 0.3) is 11.6 Å². The smallest absolute Gasteiger partial charge is 0.363 e. The van der Waals surface area contributed by atoms with Gasteiger partial charge in [-0.2, -0.15) is 13.2 Å². The van der Waals surface area contributed by atoms with Gasteiger partial charge in [-0.3, -0.25) is 24.6 Å². The first-order valence-corrected chi connectivity index (χ1v) is 10.4. The number of amides is 2. The van der Waals surface area contributed by atoms with Gasteiger partial charge in [-0.1, -0.05) is 11.6 Å². The van der Waals surface area contributed by atoms with Gasteiger partial charge in [0.15, 0.2) is 0 Å². The predicted octanol–water partition coefficient (Wildman–Crippen LogP) is 3.72. The second-order valence-electron chi connectivity index (χ2n) is 7.75. The van der Waals surface area contributed by atoms with Crippen LogP contribution in [-0.2, 0) is 15.8 Å². The molecule has 2 heterocycles. The summed E-state index contributed by atoms with van der Waals surface area (Å²) in [5.74, 6) is -0.704. The van der Waals surface area contributed by atoms with Crippen molar-refractivity contribution in [2.24, 2.45) is 0 Å². The minimum atomic E-state index is -4.69. The second-order valence-corrected chi connectivity index (χ2v) is 8.18. The van der Waals surface area contributed by atoms with E-state index < -0.39 is 28.4 Å². The number of imide groups is 1. The van der Waals surface area contributed by atoms with Crippen LogP contribution in [0.4, 0.5) is 30.2 Å². The summed E-state index contributed by atoms with van der Waals surface area (Å²) in [7, 11) is 0. The van der Waals surface area contributed by atoms with Crippen LogP contribution in [0.5, 0.6) is 0 Å². The summed E-state index contributed by atoms with van der Waals surface area (Å²) in [4.78, 5) is 40.6. The number of benzene rings is 2. The first-order chi connectivity index (χ1) is 15.6. The molecule has 2 aliphatic heterocycles. The number of hydrogen-bond acceptors (Lipinski definition) is 6. The molecule has 174 valence electrons. The lowest BCUT2D eigenvalue weighted by Crippen LogP contribution is -2.52. The summed E-state index contributed by atoms with van der Waals surface area (Å²) in [6.07, 6.45) is -4.69. The van der Waals surface area contributed by atoms with Crippen LogP contribution in [0.1, 0.15) is 12.0 Å². The average Bonchev–Trinajstić information content (AvgIpc) is 3.07. The predicted molar refractivity (Wildman–Crippen MR) is 114 cm³/mol. The maximum absolute atomic E-state index is 13.0. The fourth-order valence-electron chi connectivity index (χ4n) is 4.15. The number of piperazine rings is 1. The molecule has 8 nitrogen and oxygen atoms in total. The van der Waals surface area contributed by atoms with Crippen LogP contribution in [0, 0.1) is 10.1 Å². The molecule has 0 aliphatic carbocycles. The van der Waals surface area contributed by atoms with E-state index in [-0.39, 0.29) is 37.0 Å². The quantitative estimate of drug-likeness (QED) is 0.375. The van der Waals surface area contributed by atoms with Gasteiger partial charge >= 0.3 is 6.18 Å². The zero-order valence-corrected chi connectivity index (χ0v) is 17.8. The molecule has 2 aliphatic rings. The lowest BCUT2D eigenvalue weighted by Gasteiger charge is -2.37. The van der Waals surface area contributed by atoms with E-state index in [0.717, 1.165) is 17.0 Å². The molecule has 0 aromatic heterocycles. The second kappa shape index (κ2) is 8.64. The van der Waals surface area contributed by atoms with Crippen molar-refractivity contribution < 1.29 is 27.7 Å².